The second-order valence-electron chi connectivity index (χ2n) is 9.51. The Morgan fingerprint density at radius 3 is 2.45 bits per heavy atom. The van der Waals surface area contributed by atoms with Crippen LogP contribution in [0.3, 0.4) is 0 Å². The van der Waals surface area contributed by atoms with E-state index in [2.05, 4.69) is 15.5 Å². The van der Waals surface area contributed by atoms with E-state index in [1.807, 2.05) is 0 Å². The van der Waals surface area contributed by atoms with Crippen LogP contribution >= 0.6 is 0 Å². The van der Waals surface area contributed by atoms with E-state index in [9.17, 15) is 32.7 Å². The van der Waals surface area contributed by atoms with Gasteiger partial charge in [-0.3, -0.25) is 18.7 Å². The third-order valence-corrected chi connectivity index (χ3v) is 6.23. The van der Waals surface area contributed by atoms with E-state index in [1.165, 1.54) is 23.7 Å². The zero-order chi connectivity index (χ0) is 29.2. The van der Waals surface area contributed by atoms with Crippen molar-refractivity contribution in [3.8, 4) is 17.1 Å². The van der Waals surface area contributed by atoms with Crippen molar-refractivity contribution >= 4 is 11.7 Å². The van der Waals surface area contributed by atoms with Gasteiger partial charge in [0.1, 0.15) is 12.2 Å². The van der Waals surface area contributed by atoms with Crippen molar-refractivity contribution < 1.29 is 32.4 Å². The Kier molecular flexibility index (Phi) is 7.93. The number of ketones is 1. The molecule has 2 N–H and O–H groups in total. The molecule has 40 heavy (non-hydrogen) atoms. The first-order valence-electron chi connectivity index (χ1n) is 12.2. The van der Waals surface area contributed by atoms with E-state index in [0.717, 1.165) is 16.7 Å². The number of Topliss-reactive ketones (excluding diaryl/α,β-unsaturated/α-hetero) is 1. The SMILES string of the molecule is CC(C)[C@H](NC(=O)Cn1c(O)c(-c2ccccc2)n(C)c1=O)C(=O)c1noc(Cc2cccc(C(F)(F)F)c2)n1. The van der Waals surface area contributed by atoms with Crippen molar-refractivity contribution in [2.45, 2.75) is 39.0 Å². The number of benzene rings is 2. The molecule has 1 amide bonds. The van der Waals surface area contributed by atoms with Crippen molar-refractivity contribution in [2.75, 3.05) is 0 Å². The minimum atomic E-state index is -4.51. The number of imidazole rings is 1. The van der Waals surface area contributed by atoms with Crippen LogP contribution in [-0.4, -0.2) is 42.1 Å². The summed E-state index contributed by atoms with van der Waals surface area (Å²) in [6.45, 7) is 2.78. The smallest absolute Gasteiger partial charge is 0.416 e. The van der Waals surface area contributed by atoms with Crippen molar-refractivity contribution in [2.24, 2.45) is 13.0 Å². The van der Waals surface area contributed by atoms with Crippen LogP contribution in [0.2, 0.25) is 0 Å². The quantitative estimate of drug-likeness (QED) is 0.301. The standard InChI is InChI=1S/C27H26F3N5O5/c1-15(2)21(23(37)24-32-20(40-33-24)13-16-8-7-11-18(12-16)27(28,29)30)31-19(36)14-35-25(38)22(34(3)26(35)39)17-9-5-4-6-10-17/h4-12,15,21,38H,13-14H2,1-3H3,(H,31,36)/t21-/m0/s1. The Balaban J connectivity index is 1.48. The number of alkyl halides is 3. The topological polar surface area (TPSA) is 132 Å². The Hall–Kier alpha value is -4.68. The van der Waals surface area contributed by atoms with Gasteiger partial charge in [-0.15, -0.1) is 0 Å². The van der Waals surface area contributed by atoms with E-state index in [4.69, 9.17) is 4.52 Å². The lowest BCUT2D eigenvalue weighted by atomic mass is 9.99. The molecule has 0 aliphatic carbocycles. The third-order valence-electron chi connectivity index (χ3n) is 6.23. The van der Waals surface area contributed by atoms with Gasteiger partial charge in [0.05, 0.1) is 18.0 Å². The van der Waals surface area contributed by atoms with Crippen LogP contribution in [0, 0.1) is 5.92 Å². The minimum Gasteiger partial charge on any atom is -0.493 e. The zero-order valence-corrected chi connectivity index (χ0v) is 21.8. The molecule has 0 aliphatic rings. The molecule has 10 nitrogen and oxygen atoms in total. The zero-order valence-electron chi connectivity index (χ0n) is 21.8. The number of halogens is 3. The molecule has 2 aromatic heterocycles. The number of aromatic nitrogens is 4. The first-order chi connectivity index (χ1) is 18.9. The fourth-order valence-electron chi connectivity index (χ4n) is 4.20. The fraction of sp³-hybridized carbons (Fsp3) is 0.296. The Labute approximate surface area is 226 Å². The van der Waals surface area contributed by atoms with Gasteiger partial charge in [0.2, 0.25) is 29.3 Å². The number of nitrogens with zero attached hydrogens (tertiary/aromatic N) is 4. The van der Waals surface area contributed by atoms with Crippen molar-refractivity contribution in [3.05, 3.63) is 87.9 Å². The van der Waals surface area contributed by atoms with Gasteiger partial charge in [-0.1, -0.05) is 67.5 Å². The summed E-state index contributed by atoms with van der Waals surface area (Å²) in [7, 11) is 1.46. The molecule has 2 heterocycles. The number of carbonyl (C=O) groups excluding carboxylic acids is 2. The first kappa shape index (κ1) is 28.3. The van der Waals surface area contributed by atoms with Gasteiger partial charge in [0.25, 0.3) is 0 Å². The molecule has 4 aromatic rings. The maximum absolute atomic E-state index is 13.1. The Morgan fingerprint density at radius 1 is 1.10 bits per heavy atom. The molecule has 0 fully saturated rings. The van der Waals surface area contributed by atoms with Crippen molar-refractivity contribution in [1.29, 1.82) is 0 Å². The normalized spacial score (nSPS) is 12.5. The van der Waals surface area contributed by atoms with Crippen molar-refractivity contribution in [1.82, 2.24) is 24.6 Å². The average Bonchev–Trinajstić information content (AvgIpc) is 3.45. The molecule has 0 bridgehead atoms. The highest BCUT2D eigenvalue weighted by Crippen LogP contribution is 2.30. The number of rotatable bonds is 9. The summed E-state index contributed by atoms with van der Waals surface area (Å²) < 4.78 is 46.2. The highest BCUT2D eigenvalue weighted by molar-refractivity contribution is 5.99. The monoisotopic (exact) mass is 557 g/mol. The number of aromatic hydroxyl groups is 1. The molecule has 0 unspecified atom stereocenters. The van der Waals surface area contributed by atoms with E-state index < -0.39 is 53.5 Å². The number of carbonyl (C=O) groups is 2. The summed E-state index contributed by atoms with van der Waals surface area (Å²) in [5.74, 6) is -2.67. The lowest BCUT2D eigenvalue weighted by Crippen LogP contribution is -2.46. The summed E-state index contributed by atoms with van der Waals surface area (Å²) in [5, 5.41) is 16.9. The van der Waals surface area contributed by atoms with E-state index in [1.54, 1.807) is 44.2 Å². The lowest BCUT2D eigenvalue weighted by Gasteiger charge is -2.19. The molecule has 0 aliphatic heterocycles. The maximum Gasteiger partial charge on any atom is 0.416 e. The number of hydrogen-bond acceptors (Lipinski definition) is 7. The van der Waals surface area contributed by atoms with Gasteiger partial charge >= 0.3 is 11.9 Å². The summed E-state index contributed by atoms with van der Waals surface area (Å²) >= 11 is 0. The molecule has 0 spiro atoms. The molecule has 4 rings (SSSR count). The molecular weight excluding hydrogens is 531 g/mol. The highest BCUT2D eigenvalue weighted by Gasteiger charge is 2.32. The van der Waals surface area contributed by atoms with Crippen LogP contribution in [0.4, 0.5) is 13.2 Å². The maximum atomic E-state index is 13.1. The molecule has 210 valence electrons. The second kappa shape index (κ2) is 11.2. The number of nitrogens with one attached hydrogen (secondary N) is 1. The molecule has 13 heteroatoms. The van der Waals surface area contributed by atoms with Crippen LogP contribution in [0.15, 0.2) is 63.9 Å². The lowest BCUT2D eigenvalue weighted by molar-refractivity contribution is -0.137. The van der Waals surface area contributed by atoms with Crippen LogP contribution in [0.25, 0.3) is 11.3 Å². The van der Waals surface area contributed by atoms with Gasteiger partial charge in [-0.25, -0.2) is 4.79 Å². The second-order valence-corrected chi connectivity index (χ2v) is 9.51. The van der Waals surface area contributed by atoms with Crippen LogP contribution in [0.1, 0.15) is 41.5 Å². The Morgan fingerprint density at radius 2 is 1.80 bits per heavy atom. The molecule has 1 atom stereocenters. The van der Waals surface area contributed by atoms with Gasteiger partial charge in [0.15, 0.2) is 0 Å². The third kappa shape index (κ3) is 5.98. The molecule has 0 radical (unpaired) electrons. The van der Waals surface area contributed by atoms with E-state index >= 15 is 0 Å². The Bertz CT molecular complexity index is 1590. The summed E-state index contributed by atoms with van der Waals surface area (Å²) in [6, 6.07) is 12.2. The molecule has 2 aromatic carbocycles. The van der Waals surface area contributed by atoms with E-state index in [-0.39, 0.29) is 29.4 Å². The predicted molar refractivity (Wildman–Crippen MR) is 136 cm³/mol. The van der Waals surface area contributed by atoms with Gasteiger partial charge in [0, 0.05) is 12.6 Å². The minimum absolute atomic E-state index is 0.0780. The predicted octanol–water partition coefficient (Wildman–Crippen LogP) is 3.58. The molecule has 0 saturated carbocycles. The summed E-state index contributed by atoms with van der Waals surface area (Å²) in [5.41, 5.74) is -0.393. The van der Waals surface area contributed by atoms with Crippen LogP contribution < -0.4 is 11.0 Å². The highest BCUT2D eigenvalue weighted by atomic mass is 19.4. The van der Waals surface area contributed by atoms with Gasteiger partial charge < -0.3 is 14.9 Å². The van der Waals surface area contributed by atoms with Gasteiger partial charge in [-0.2, -0.15) is 18.2 Å². The fourth-order valence-corrected chi connectivity index (χ4v) is 4.20. The van der Waals surface area contributed by atoms with E-state index in [0.29, 0.717) is 5.56 Å². The molecular formula is C27H26F3N5O5. The van der Waals surface area contributed by atoms with Crippen LogP contribution in [-0.2, 0) is 31.0 Å². The summed E-state index contributed by atoms with van der Waals surface area (Å²) in [6.07, 6.45) is -4.65. The number of hydrogen-bond donors (Lipinski definition) is 2. The first-order valence-corrected chi connectivity index (χ1v) is 12.2. The van der Waals surface area contributed by atoms with Gasteiger partial charge in [-0.05, 0) is 17.5 Å². The van der Waals surface area contributed by atoms with Crippen LogP contribution in [0.5, 0.6) is 5.88 Å². The van der Waals surface area contributed by atoms with Crippen molar-refractivity contribution in [3.63, 3.8) is 0 Å². The molecule has 0 saturated heterocycles. The average molecular weight is 558 g/mol. The number of amides is 1. The largest absolute Gasteiger partial charge is 0.493 e. The summed E-state index contributed by atoms with van der Waals surface area (Å²) in [4.78, 5) is 42.8.